The molecule has 2 aromatic carbocycles. The zero-order valence-corrected chi connectivity index (χ0v) is 18.7. The summed E-state index contributed by atoms with van der Waals surface area (Å²) in [6.45, 7) is 9.42. The lowest BCUT2D eigenvalue weighted by Gasteiger charge is -2.14. The average molecular weight is 425 g/mol. The molecule has 1 amide bonds. The SMILES string of the molecule is CCCn1c(S[C@@H](C)C(=O)Nc2ccc(OCC)cc2)nnc1-c1cccc(C)c1. The zero-order chi connectivity index (χ0) is 21.5. The first-order valence-electron chi connectivity index (χ1n) is 10.2. The summed E-state index contributed by atoms with van der Waals surface area (Å²) < 4.78 is 7.54. The Labute approximate surface area is 182 Å². The van der Waals surface area contributed by atoms with Crippen LogP contribution in [0.4, 0.5) is 5.69 Å². The number of nitrogens with zero attached hydrogens (tertiary/aromatic N) is 3. The van der Waals surface area contributed by atoms with Gasteiger partial charge in [-0.05, 0) is 57.5 Å². The van der Waals surface area contributed by atoms with E-state index in [4.69, 9.17) is 4.74 Å². The molecule has 158 valence electrons. The summed E-state index contributed by atoms with van der Waals surface area (Å²) in [4.78, 5) is 12.7. The number of aryl methyl sites for hydroxylation is 1. The Kier molecular flexibility index (Phi) is 7.52. The van der Waals surface area contributed by atoms with Crippen molar-refractivity contribution in [3.63, 3.8) is 0 Å². The maximum atomic E-state index is 12.7. The third-order valence-electron chi connectivity index (χ3n) is 4.52. The first-order valence-corrected chi connectivity index (χ1v) is 11.1. The molecule has 30 heavy (non-hydrogen) atoms. The van der Waals surface area contributed by atoms with E-state index >= 15 is 0 Å². The van der Waals surface area contributed by atoms with Crippen LogP contribution in [0.2, 0.25) is 0 Å². The molecule has 0 spiro atoms. The van der Waals surface area contributed by atoms with Gasteiger partial charge in [0.05, 0.1) is 11.9 Å². The van der Waals surface area contributed by atoms with Crippen molar-refractivity contribution in [2.24, 2.45) is 0 Å². The predicted molar refractivity (Wildman–Crippen MR) is 122 cm³/mol. The van der Waals surface area contributed by atoms with Crippen molar-refractivity contribution in [1.29, 1.82) is 0 Å². The Morgan fingerprint density at radius 1 is 1.17 bits per heavy atom. The van der Waals surface area contributed by atoms with Gasteiger partial charge in [-0.2, -0.15) is 0 Å². The molecule has 0 fully saturated rings. The first kappa shape index (κ1) is 21.9. The molecule has 1 N–H and O–H groups in total. The van der Waals surface area contributed by atoms with Crippen LogP contribution in [-0.2, 0) is 11.3 Å². The van der Waals surface area contributed by atoms with Crippen molar-refractivity contribution in [2.45, 2.75) is 51.1 Å². The molecule has 0 aliphatic carbocycles. The van der Waals surface area contributed by atoms with Crippen LogP contribution in [-0.4, -0.2) is 32.5 Å². The Morgan fingerprint density at radius 3 is 2.60 bits per heavy atom. The lowest BCUT2D eigenvalue weighted by molar-refractivity contribution is -0.115. The lowest BCUT2D eigenvalue weighted by atomic mass is 10.1. The molecule has 0 aliphatic heterocycles. The molecule has 1 aromatic heterocycles. The van der Waals surface area contributed by atoms with Crippen molar-refractivity contribution in [2.75, 3.05) is 11.9 Å². The summed E-state index contributed by atoms with van der Waals surface area (Å²) in [6, 6.07) is 15.6. The summed E-state index contributed by atoms with van der Waals surface area (Å²) in [7, 11) is 0. The summed E-state index contributed by atoms with van der Waals surface area (Å²) >= 11 is 1.42. The van der Waals surface area contributed by atoms with Crippen LogP contribution in [0, 0.1) is 6.92 Å². The molecule has 0 radical (unpaired) electrons. The van der Waals surface area contributed by atoms with Gasteiger partial charge in [0.15, 0.2) is 11.0 Å². The van der Waals surface area contributed by atoms with E-state index in [1.54, 1.807) is 0 Å². The van der Waals surface area contributed by atoms with Gasteiger partial charge in [-0.15, -0.1) is 10.2 Å². The van der Waals surface area contributed by atoms with Crippen molar-refractivity contribution < 1.29 is 9.53 Å². The van der Waals surface area contributed by atoms with Crippen LogP contribution in [0.3, 0.4) is 0 Å². The third-order valence-corrected chi connectivity index (χ3v) is 5.61. The van der Waals surface area contributed by atoms with E-state index in [2.05, 4.69) is 46.1 Å². The highest BCUT2D eigenvalue weighted by atomic mass is 32.2. The molecule has 1 heterocycles. The van der Waals surface area contributed by atoms with Crippen LogP contribution in [0.15, 0.2) is 53.7 Å². The highest BCUT2D eigenvalue weighted by Crippen LogP contribution is 2.28. The molecule has 0 aliphatic rings. The molecule has 6 nitrogen and oxygen atoms in total. The van der Waals surface area contributed by atoms with Gasteiger partial charge in [-0.1, -0.05) is 42.4 Å². The second kappa shape index (κ2) is 10.3. The van der Waals surface area contributed by atoms with Crippen LogP contribution >= 0.6 is 11.8 Å². The number of aromatic nitrogens is 3. The monoisotopic (exact) mass is 424 g/mol. The van der Waals surface area contributed by atoms with Crippen LogP contribution in [0.1, 0.15) is 32.8 Å². The smallest absolute Gasteiger partial charge is 0.237 e. The fourth-order valence-electron chi connectivity index (χ4n) is 3.06. The van der Waals surface area contributed by atoms with Crippen molar-refractivity contribution in [3.8, 4) is 17.1 Å². The Balaban J connectivity index is 1.72. The Bertz CT molecular complexity index is 985. The van der Waals surface area contributed by atoms with Crippen LogP contribution in [0.5, 0.6) is 5.75 Å². The van der Waals surface area contributed by atoms with E-state index in [0.29, 0.717) is 6.61 Å². The molecule has 1 atom stereocenters. The summed E-state index contributed by atoms with van der Waals surface area (Å²) in [5, 5.41) is 12.2. The molecule has 0 unspecified atom stereocenters. The molecule has 0 bridgehead atoms. The van der Waals surface area contributed by atoms with Gasteiger partial charge in [0.2, 0.25) is 5.91 Å². The second-order valence-corrected chi connectivity index (χ2v) is 8.34. The minimum absolute atomic E-state index is 0.0766. The Hall–Kier alpha value is -2.80. The number of amides is 1. The van der Waals surface area contributed by atoms with Gasteiger partial charge < -0.3 is 14.6 Å². The van der Waals surface area contributed by atoms with E-state index in [0.717, 1.165) is 40.9 Å². The van der Waals surface area contributed by atoms with Gasteiger partial charge in [-0.25, -0.2) is 0 Å². The zero-order valence-electron chi connectivity index (χ0n) is 17.9. The number of hydrogen-bond acceptors (Lipinski definition) is 5. The fourth-order valence-corrected chi connectivity index (χ4v) is 3.93. The molecule has 7 heteroatoms. The average Bonchev–Trinajstić information content (AvgIpc) is 3.12. The molecular weight excluding hydrogens is 396 g/mol. The van der Waals surface area contributed by atoms with Gasteiger partial charge in [0.25, 0.3) is 0 Å². The lowest BCUT2D eigenvalue weighted by Crippen LogP contribution is -2.23. The molecular formula is C23H28N4O2S. The summed E-state index contributed by atoms with van der Waals surface area (Å²) in [6.07, 6.45) is 0.956. The number of carbonyl (C=O) groups excluding carboxylic acids is 1. The number of rotatable bonds is 9. The topological polar surface area (TPSA) is 69.0 Å². The number of carbonyl (C=O) groups is 1. The summed E-state index contributed by atoms with van der Waals surface area (Å²) in [5.74, 6) is 1.55. The fraction of sp³-hybridized carbons (Fsp3) is 0.348. The molecule has 0 saturated heterocycles. The standard InChI is InChI=1S/C23H28N4O2S/c1-5-14-27-21(18-9-7-8-16(3)15-18)25-26-23(27)30-17(4)22(28)24-19-10-12-20(13-11-19)29-6-2/h7-13,15,17H,5-6,14H2,1-4H3,(H,24,28)/t17-/m0/s1. The normalized spacial score (nSPS) is 11.9. The van der Waals surface area contributed by atoms with Crippen molar-refractivity contribution in [3.05, 3.63) is 54.1 Å². The maximum Gasteiger partial charge on any atom is 0.237 e. The largest absolute Gasteiger partial charge is 0.494 e. The van der Waals surface area contributed by atoms with E-state index in [1.165, 1.54) is 17.3 Å². The second-order valence-electron chi connectivity index (χ2n) is 7.03. The predicted octanol–water partition coefficient (Wildman–Crippen LogP) is 5.18. The highest BCUT2D eigenvalue weighted by Gasteiger charge is 2.21. The first-order chi connectivity index (χ1) is 14.5. The highest BCUT2D eigenvalue weighted by molar-refractivity contribution is 8.00. The maximum absolute atomic E-state index is 12.7. The van der Waals surface area contributed by atoms with E-state index in [-0.39, 0.29) is 11.2 Å². The minimum atomic E-state index is -0.318. The number of hydrogen-bond donors (Lipinski definition) is 1. The van der Waals surface area contributed by atoms with Gasteiger partial charge in [0.1, 0.15) is 5.75 Å². The van der Waals surface area contributed by atoms with E-state index < -0.39 is 0 Å². The molecule has 3 rings (SSSR count). The van der Waals surface area contributed by atoms with Gasteiger partial charge in [-0.3, -0.25) is 4.79 Å². The number of benzene rings is 2. The van der Waals surface area contributed by atoms with E-state index in [1.807, 2.05) is 50.2 Å². The number of anilines is 1. The number of nitrogens with one attached hydrogen (secondary N) is 1. The van der Waals surface area contributed by atoms with Crippen molar-refractivity contribution >= 4 is 23.4 Å². The van der Waals surface area contributed by atoms with E-state index in [9.17, 15) is 4.79 Å². The minimum Gasteiger partial charge on any atom is -0.494 e. The number of thioether (sulfide) groups is 1. The van der Waals surface area contributed by atoms with Crippen LogP contribution in [0.25, 0.3) is 11.4 Å². The van der Waals surface area contributed by atoms with Crippen LogP contribution < -0.4 is 10.1 Å². The quantitative estimate of drug-likeness (QED) is 0.479. The van der Waals surface area contributed by atoms with Crippen molar-refractivity contribution in [1.82, 2.24) is 14.8 Å². The Morgan fingerprint density at radius 2 is 1.93 bits per heavy atom. The molecule has 3 aromatic rings. The molecule has 0 saturated carbocycles. The van der Waals surface area contributed by atoms with Gasteiger partial charge in [0, 0.05) is 17.8 Å². The number of ether oxygens (including phenoxy) is 1. The third kappa shape index (κ3) is 5.42. The van der Waals surface area contributed by atoms with Gasteiger partial charge >= 0.3 is 0 Å². The summed E-state index contributed by atoms with van der Waals surface area (Å²) in [5.41, 5.74) is 2.96.